The Morgan fingerprint density at radius 2 is 1.95 bits per heavy atom. The molecule has 0 heterocycles. The first-order valence-corrected chi connectivity index (χ1v) is 6.19. The van der Waals surface area contributed by atoms with E-state index in [2.05, 4.69) is 9.53 Å². The number of hydrogen-bond donors (Lipinski definition) is 1. The fraction of sp³-hybridized carbons (Fsp3) is 0.357. The van der Waals surface area contributed by atoms with Gasteiger partial charge in [-0.1, -0.05) is 30.3 Å². The van der Waals surface area contributed by atoms with Crippen molar-refractivity contribution < 1.29 is 24.2 Å². The Balaban J connectivity index is 3.13. The molecule has 106 valence electrons. The van der Waals surface area contributed by atoms with E-state index in [0.29, 0.717) is 5.56 Å². The maximum absolute atomic E-state index is 12.3. The lowest BCUT2D eigenvalue weighted by molar-refractivity contribution is -0.142. The smallest absolute Gasteiger partial charge is 0.442 e. The predicted octanol–water partition coefficient (Wildman–Crippen LogP) is 0.954. The molecule has 0 saturated carbocycles. The molecule has 0 spiro atoms. The average Bonchev–Trinajstić information content (AvgIpc) is 2.40. The highest BCUT2D eigenvalue weighted by Crippen LogP contribution is 2.21. The first kappa shape index (κ1) is 15.8. The van der Waals surface area contributed by atoms with Crippen molar-refractivity contribution >= 4 is 17.5 Å². The lowest BCUT2D eigenvalue weighted by atomic mass is 9.88. The molecular weight excluding hydrogens is 260 g/mol. The van der Waals surface area contributed by atoms with E-state index in [0.717, 1.165) is 0 Å². The molecule has 0 saturated heterocycles. The molecule has 6 nitrogen and oxygen atoms in total. The van der Waals surface area contributed by atoms with Crippen LogP contribution in [0.4, 0.5) is 0 Å². The van der Waals surface area contributed by atoms with Crippen molar-refractivity contribution in [2.24, 2.45) is 0 Å². The van der Waals surface area contributed by atoms with Crippen LogP contribution in [0.15, 0.2) is 30.3 Å². The number of ether oxygens (including phenoxy) is 1. The molecule has 1 rings (SSSR count). The Kier molecular flexibility index (Phi) is 5.77. The summed E-state index contributed by atoms with van der Waals surface area (Å²) in [5.41, 5.74) is 8.66. The summed E-state index contributed by atoms with van der Waals surface area (Å²) in [4.78, 5) is 26.6. The van der Waals surface area contributed by atoms with Crippen molar-refractivity contribution in [2.45, 2.75) is 25.9 Å². The third-order valence-corrected chi connectivity index (χ3v) is 2.73. The van der Waals surface area contributed by atoms with Gasteiger partial charge in [-0.3, -0.25) is 4.79 Å². The van der Waals surface area contributed by atoms with Gasteiger partial charge in [0.2, 0.25) is 0 Å². The van der Waals surface area contributed by atoms with Crippen molar-refractivity contribution in [3.8, 4) is 0 Å². The van der Waals surface area contributed by atoms with E-state index in [1.807, 2.05) is 0 Å². The van der Waals surface area contributed by atoms with Crippen molar-refractivity contribution in [1.29, 1.82) is 0 Å². The number of nitrogens with zero attached hydrogens (tertiary/aromatic N) is 2. The van der Waals surface area contributed by atoms with Crippen LogP contribution in [-0.4, -0.2) is 40.1 Å². The summed E-state index contributed by atoms with van der Waals surface area (Å²) in [7, 11) is 0. The van der Waals surface area contributed by atoms with Gasteiger partial charge in [0.25, 0.3) is 5.78 Å². The highest BCUT2D eigenvalue weighted by atomic mass is 16.5. The maximum atomic E-state index is 12.3. The van der Waals surface area contributed by atoms with Crippen molar-refractivity contribution in [1.82, 2.24) is 0 Å². The van der Waals surface area contributed by atoms with Gasteiger partial charge in [-0.2, -0.15) is 4.79 Å². The molecule has 0 amide bonds. The number of ketones is 1. The summed E-state index contributed by atoms with van der Waals surface area (Å²) in [6.07, 6.45) is -1.05. The monoisotopic (exact) mass is 276 g/mol. The fourth-order valence-corrected chi connectivity index (χ4v) is 1.85. The zero-order chi connectivity index (χ0) is 15.1. The normalized spacial score (nSPS) is 12.9. The quantitative estimate of drug-likeness (QED) is 0.275. The number of aliphatic hydroxyl groups is 1. The average molecular weight is 276 g/mol. The molecular formula is C14H16N2O4. The molecule has 0 aliphatic heterocycles. The second-order valence-corrected chi connectivity index (χ2v) is 4.16. The first-order valence-electron chi connectivity index (χ1n) is 6.19. The third kappa shape index (κ3) is 3.60. The van der Waals surface area contributed by atoms with Crippen LogP contribution < -0.4 is 0 Å². The molecule has 0 aliphatic carbocycles. The van der Waals surface area contributed by atoms with Crippen LogP contribution in [0.3, 0.4) is 0 Å². The van der Waals surface area contributed by atoms with Gasteiger partial charge in [-0.25, -0.2) is 4.79 Å². The molecule has 0 fully saturated rings. The summed E-state index contributed by atoms with van der Waals surface area (Å²) in [5.74, 6) is -2.79. The van der Waals surface area contributed by atoms with Crippen LogP contribution in [0.5, 0.6) is 0 Å². The highest BCUT2D eigenvalue weighted by molar-refractivity contribution is 6.63. The lowest BCUT2D eigenvalue weighted by Gasteiger charge is -2.16. The molecule has 0 aromatic heterocycles. The predicted molar refractivity (Wildman–Crippen MR) is 71.1 cm³/mol. The third-order valence-electron chi connectivity index (χ3n) is 2.73. The van der Waals surface area contributed by atoms with Crippen LogP contribution in [-0.2, 0) is 14.3 Å². The number of rotatable bonds is 6. The number of esters is 1. The van der Waals surface area contributed by atoms with Crippen molar-refractivity contribution in [3.63, 3.8) is 0 Å². The molecule has 1 N–H and O–H groups in total. The molecule has 20 heavy (non-hydrogen) atoms. The molecule has 1 aromatic rings. The zero-order valence-electron chi connectivity index (χ0n) is 11.3. The van der Waals surface area contributed by atoms with Gasteiger partial charge in [-0.05, 0) is 19.4 Å². The van der Waals surface area contributed by atoms with Gasteiger partial charge < -0.3 is 15.4 Å². The number of aliphatic hydroxyl groups excluding tert-OH is 1. The molecule has 1 aromatic carbocycles. The molecule has 2 atom stereocenters. The molecule has 0 radical (unpaired) electrons. The van der Waals surface area contributed by atoms with Crippen LogP contribution in [0.1, 0.15) is 25.3 Å². The zero-order valence-corrected chi connectivity index (χ0v) is 11.3. The van der Waals surface area contributed by atoms with Crippen molar-refractivity contribution in [2.75, 3.05) is 6.61 Å². The second kappa shape index (κ2) is 7.33. The summed E-state index contributed by atoms with van der Waals surface area (Å²) < 4.78 is 4.65. The van der Waals surface area contributed by atoms with Crippen LogP contribution in [0, 0.1) is 0 Å². The summed E-state index contributed by atoms with van der Waals surface area (Å²) in [6.45, 7) is 3.05. The first-order chi connectivity index (χ1) is 9.52. The Bertz CT molecular complexity index is 533. The van der Waals surface area contributed by atoms with Crippen molar-refractivity contribution in [3.05, 3.63) is 41.4 Å². The summed E-state index contributed by atoms with van der Waals surface area (Å²) >= 11 is 0. The molecule has 6 heteroatoms. The Morgan fingerprint density at radius 3 is 2.40 bits per heavy atom. The fourth-order valence-electron chi connectivity index (χ4n) is 1.85. The van der Waals surface area contributed by atoms with Crippen LogP contribution >= 0.6 is 0 Å². The molecule has 0 unspecified atom stereocenters. The minimum absolute atomic E-state index is 0.0514. The van der Waals surface area contributed by atoms with E-state index in [9.17, 15) is 14.7 Å². The Morgan fingerprint density at radius 1 is 1.35 bits per heavy atom. The molecule has 0 aliphatic rings. The second-order valence-electron chi connectivity index (χ2n) is 4.16. The Labute approximate surface area is 116 Å². The van der Waals surface area contributed by atoms with E-state index in [1.165, 1.54) is 6.92 Å². The summed E-state index contributed by atoms with van der Waals surface area (Å²) in [5, 5.41) is 9.78. The number of Topliss-reactive ketones (excluding diaryl/α,β-unsaturated/α-hetero) is 1. The van der Waals surface area contributed by atoms with Gasteiger partial charge >= 0.3 is 11.7 Å². The van der Waals surface area contributed by atoms with Crippen LogP contribution in [0.25, 0.3) is 5.53 Å². The number of hydrogen-bond acceptors (Lipinski definition) is 4. The van der Waals surface area contributed by atoms with E-state index >= 15 is 0 Å². The SMILES string of the molecule is CCOC(=O)C(=[N+]=[N-])C(=O)[C@H](c1ccccc1)[C@@H](C)O. The van der Waals surface area contributed by atoms with E-state index in [1.54, 1.807) is 37.3 Å². The minimum Gasteiger partial charge on any atom is -0.457 e. The van der Waals surface area contributed by atoms with Gasteiger partial charge in [0, 0.05) is 0 Å². The Hall–Kier alpha value is -2.30. The number of carbonyl (C=O) groups is 2. The van der Waals surface area contributed by atoms with E-state index < -0.39 is 29.5 Å². The number of benzene rings is 1. The van der Waals surface area contributed by atoms with Gasteiger partial charge in [-0.15, -0.1) is 0 Å². The maximum Gasteiger partial charge on any atom is 0.442 e. The summed E-state index contributed by atoms with van der Waals surface area (Å²) in [6, 6.07) is 8.47. The van der Waals surface area contributed by atoms with E-state index in [4.69, 9.17) is 5.53 Å². The topological polar surface area (TPSA) is 100 Å². The van der Waals surface area contributed by atoms with E-state index in [-0.39, 0.29) is 6.61 Å². The van der Waals surface area contributed by atoms with Gasteiger partial charge in [0.1, 0.15) is 0 Å². The van der Waals surface area contributed by atoms with Gasteiger partial charge in [0.05, 0.1) is 18.6 Å². The largest absolute Gasteiger partial charge is 0.457 e. The van der Waals surface area contributed by atoms with Gasteiger partial charge in [0.15, 0.2) is 0 Å². The highest BCUT2D eigenvalue weighted by Gasteiger charge is 2.39. The lowest BCUT2D eigenvalue weighted by Crippen LogP contribution is -2.35. The minimum atomic E-state index is -1.05. The standard InChI is InChI=1S/C14H16N2O4/c1-3-20-14(19)12(16-15)13(18)11(9(2)17)10-7-5-4-6-8-10/h4-9,11,17H,3H2,1-2H3/t9-,11+/m1/s1. The van der Waals surface area contributed by atoms with Crippen LogP contribution in [0.2, 0.25) is 0 Å². The number of carbonyl (C=O) groups excluding carboxylic acids is 2. The molecule has 0 bridgehead atoms.